The van der Waals surface area contributed by atoms with E-state index in [2.05, 4.69) is 49.3 Å². The van der Waals surface area contributed by atoms with Crippen molar-refractivity contribution < 1.29 is 4.79 Å². The quantitative estimate of drug-likeness (QED) is 0.393. The molecule has 2 heterocycles. The molecule has 1 saturated heterocycles. The number of likely N-dealkylation sites (N-methyl/N-ethyl adjacent to an activating group) is 1. The Labute approximate surface area is 223 Å². The molecule has 4 aromatic rings. The van der Waals surface area contributed by atoms with Crippen LogP contribution in [0, 0.1) is 18.8 Å². The SMILES string of the molecule is CNc1ncnc2cc(C#Cc3cc(NC(=O)c4ccc(CN5CCN(C)CC5)cc4)ccc3C)ccc12. The number of aryl methyl sites for hydroxylation is 1. The molecule has 0 atom stereocenters. The number of carbonyl (C=O) groups excluding carboxylic acids is 1. The number of aromatic nitrogens is 2. The smallest absolute Gasteiger partial charge is 0.255 e. The van der Waals surface area contributed by atoms with E-state index < -0.39 is 0 Å². The number of carbonyl (C=O) groups is 1. The predicted octanol–water partition coefficient (Wildman–Crippen LogP) is 4.38. The number of hydrogen-bond acceptors (Lipinski definition) is 6. The third kappa shape index (κ3) is 6.00. The third-order valence-corrected chi connectivity index (χ3v) is 6.93. The van der Waals surface area contributed by atoms with Gasteiger partial charge in [-0.25, -0.2) is 9.97 Å². The van der Waals surface area contributed by atoms with Crippen molar-refractivity contribution in [1.82, 2.24) is 19.8 Å². The second-order valence-corrected chi connectivity index (χ2v) is 9.71. The number of piperazine rings is 1. The van der Waals surface area contributed by atoms with Crippen molar-refractivity contribution in [1.29, 1.82) is 0 Å². The van der Waals surface area contributed by atoms with Gasteiger partial charge in [-0.1, -0.05) is 30.0 Å². The average molecular weight is 505 g/mol. The number of nitrogens with zero attached hydrogens (tertiary/aromatic N) is 4. The molecule has 7 heteroatoms. The monoisotopic (exact) mass is 504 g/mol. The van der Waals surface area contributed by atoms with Gasteiger partial charge >= 0.3 is 0 Å². The number of anilines is 2. The van der Waals surface area contributed by atoms with Gasteiger partial charge in [0, 0.05) is 67.5 Å². The summed E-state index contributed by atoms with van der Waals surface area (Å²) in [5.74, 6) is 7.15. The summed E-state index contributed by atoms with van der Waals surface area (Å²) in [5, 5.41) is 7.06. The highest BCUT2D eigenvalue weighted by Crippen LogP contribution is 2.20. The van der Waals surface area contributed by atoms with E-state index in [0.29, 0.717) is 5.56 Å². The van der Waals surface area contributed by atoms with Gasteiger partial charge in [0.25, 0.3) is 5.91 Å². The predicted molar refractivity (Wildman–Crippen MR) is 153 cm³/mol. The summed E-state index contributed by atoms with van der Waals surface area (Å²) in [5.41, 5.74) is 6.19. The van der Waals surface area contributed by atoms with Crippen LogP contribution >= 0.6 is 0 Å². The summed E-state index contributed by atoms with van der Waals surface area (Å²) in [7, 11) is 4.00. The molecule has 0 radical (unpaired) electrons. The Hall–Kier alpha value is -4.25. The minimum atomic E-state index is -0.131. The Morgan fingerprint density at radius 3 is 2.50 bits per heavy atom. The van der Waals surface area contributed by atoms with Crippen LogP contribution in [0.2, 0.25) is 0 Å². The molecule has 0 unspecified atom stereocenters. The van der Waals surface area contributed by atoms with Crippen LogP contribution in [0.5, 0.6) is 0 Å². The van der Waals surface area contributed by atoms with Crippen LogP contribution in [0.4, 0.5) is 11.5 Å². The molecular weight excluding hydrogens is 472 g/mol. The Bertz CT molecular complexity index is 1510. The van der Waals surface area contributed by atoms with Gasteiger partial charge < -0.3 is 15.5 Å². The third-order valence-electron chi connectivity index (χ3n) is 6.93. The zero-order chi connectivity index (χ0) is 26.5. The van der Waals surface area contributed by atoms with Crippen LogP contribution in [0.1, 0.15) is 32.6 Å². The van der Waals surface area contributed by atoms with E-state index in [4.69, 9.17) is 0 Å². The molecule has 2 N–H and O–H groups in total. The normalized spacial score (nSPS) is 14.1. The second-order valence-electron chi connectivity index (χ2n) is 9.71. The van der Waals surface area contributed by atoms with Gasteiger partial charge in [0.2, 0.25) is 0 Å². The number of rotatable bonds is 5. The minimum absolute atomic E-state index is 0.131. The lowest BCUT2D eigenvalue weighted by molar-refractivity contribution is 0.102. The molecule has 1 aliphatic rings. The van der Waals surface area contributed by atoms with E-state index in [-0.39, 0.29) is 5.91 Å². The van der Waals surface area contributed by atoms with Crippen molar-refractivity contribution in [3.63, 3.8) is 0 Å². The van der Waals surface area contributed by atoms with E-state index in [9.17, 15) is 4.79 Å². The fourth-order valence-corrected chi connectivity index (χ4v) is 4.54. The van der Waals surface area contributed by atoms with E-state index in [1.54, 1.807) is 6.33 Å². The highest BCUT2D eigenvalue weighted by Gasteiger charge is 2.14. The highest BCUT2D eigenvalue weighted by atomic mass is 16.1. The van der Waals surface area contributed by atoms with Crippen molar-refractivity contribution in [3.8, 4) is 11.8 Å². The van der Waals surface area contributed by atoms with Crippen molar-refractivity contribution in [2.24, 2.45) is 0 Å². The summed E-state index contributed by atoms with van der Waals surface area (Å²) in [6, 6.07) is 19.6. The highest BCUT2D eigenvalue weighted by molar-refractivity contribution is 6.04. The summed E-state index contributed by atoms with van der Waals surface area (Å²) in [6.45, 7) is 7.27. The summed E-state index contributed by atoms with van der Waals surface area (Å²) >= 11 is 0. The fourth-order valence-electron chi connectivity index (χ4n) is 4.54. The lowest BCUT2D eigenvalue weighted by Gasteiger charge is -2.32. The van der Waals surface area contributed by atoms with Crippen molar-refractivity contribution in [2.45, 2.75) is 13.5 Å². The maximum absolute atomic E-state index is 12.9. The molecule has 1 aromatic heterocycles. The van der Waals surface area contributed by atoms with Crippen molar-refractivity contribution in [3.05, 3.63) is 94.8 Å². The van der Waals surface area contributed by atoms with Crippen molar-refractivity contribution in [2.75, 3.05) is 50.9 Å². The van der Waals surface area contributed by atoms with Gasteiger partial charge in [-0.2, -0.15) is 0 Å². The molecular formula is C31H32N6O. The number of fused-ring (bicyclic) bond motifs is 1. The molecule has 38 heavy (non-hydrogen) atoms. The standard InChI is InChI=1S/C31H32N6O/c1-22-4-12-27(19-26(22)11-5-23-8-13-28-29(18-23)33-21-34-30(28)32-2)35-31(38)25-9-6-24(7-10-25)20-37-16-14-36(3)15-17-37/h4,6-10,12-13,18-19,21H,14-17,20H2,1-3H3,(H,35,38)(H,32,33,34). The number of nitrogens with one attached hydrogen (secondary N) is 2. The zero-order valence-corrected chi connectivity index (χ0v) is 22.1. The maximum Gasteiger partial charge on any atom is 0.255 e. The molecule has 0 aliphatic carbocycles. The van der Waals surface area contributed by atoms with Crippen molar-refractivity contribution >= 4 is 28.3 Å². The van der Waals surface area contributed by atoms with Gasteiger partial charge in [0.15, 0.2) is 0 Å². The lowest BCUT2D eigenvalue weighted by Crippen LogP contribution is -2.43. The Morgan fingerprint density at radius 1 is 0.947 bits per heavy atom. The lowest BCUT2D eigenvalue weighted by atomic mass is 10.1. The Kier molecular flexibility index (Phi) is 7.64. The van der Waals surface area contributed by atoms with Crippen LogP contribution in [0.25, 0.3) is 10.9 Å². The molecule has 5 rings (SSSR count). The van der Waals surface area contributed by atoms with Gasteiger partial charge in [0.05, 0.1) is 5.52 Å². The molecule has 7 nitrogen and oxygen atoms in total. The van der Waals surface area contributed by atoms with E-state index in [0.717, 1.165) is 71.8 Å². The number of amides is 1. The number of benzene rings is 3. The summed E-state index contributed by atoms with van der Waals surface area (Å²) in [6.07, 6.45) is 1.54. The molecule has 0 spiro atoms. The average Bonchev–Trinajstić information content (AvgIpc) is 2.94. The molecule has 3 aromatic carbocycles. The Morgan fingerprint density at radius 2 is 1.74 bits per heavy atom. The van der Waals surface area contributed by atoms with Gasteiger partial charge in [-0.3, -0.25) is 9.69 Å². The first kappa shape index (κ1) is 25.4. The second kappa shape index (κ2) is 11.4. The first-order chi connectivity index (χ1) is 18.5. The van der Waals surface area contributed by atoms with E-state index >= 15 is 0 Å². The fraction of sp³-hybridized carbons (Fsp3) is 0.258. The summed E-state index contributed by atoms with van der Waals surface area (Å²) < 4.78 is 0. The van der Waals surface area contributed by atoms with Gasteiger partial charge in [-0.05, 0) is 67.6 Å². The summed E-state index contributed by atoms with van der Waals surface area (Å²) in [4.78, 5) is 26.3. The van der Waals surface area contributed by atoms with Crippen LogP contribution in [-0.4, -0.2) is 65.9 Å². The molecule has 1 amide bonds. The first-order valence-electron chi connectivity index (χ1n) is 12.8. The van der Waals surface area contributed by atoms with Crippen LogP contribution in [-0.2, 0) is 6.54 Å². The first-order valence-corrected chi connectivity index (χ1v) is 12.8. The Balaban J connectivity index is 1.26. The molecule has 192 valence electrons. The largest absolute Gasteiger partial charge is 0.373 e. The number of hydrogen-bond donors (Lipinski definition) is 2. The van der Waals surface area contributed by atoms with E-state index in [1.165, 1.54) is 5.56 Å². The molecule has 0 bridgehead atoms. The van der Waals surface area contributed by atoms with E-state index in [1.807, 2.05) is 74.6 Å². The van der Waals surface area contributed by atoms with Gasteiger partial charge in [0.1, 0.15) is 12.1 Å². The molecule has 0 saturated carbocycles. The minimum Gasteiger partial charge on any atom is -0.373 e. The maximum atomic E-state index is 12.9. The van der Waals surface area contributed by atoms with Crippen LogP contribution < -0.4 is 10.6 Å². The van der Waals surface area contributed by atoms with Crippen LogP contribution in [0.3, 0.4) is 0 Å². The van der Waals surface area contributed by atoms with Gasteiger partial charge in [-0.15, -0.1) is 0 Å². The zero-order valence-electron chi connectivity index (χ0n) is 22.1. The topological polar surface area (TPSA) is 73.4 Å². The molecule has 1 fully saturated rings. The molecule has 1 aliphatic heterocycles. The van der Waals surface area contributed by atoms with Crippen LogP contribution in [0.15, 0.2) is 67.0 Å².